The smallest absolute Gasteiger partial charge is 0.0705 e. The Hall–Kier alpha value is -3.13. The van der Waals surface area contributed by atoms with Crippen LogP contribution in [0.25, 0.3) is 10.9 Å². The fraction of sp³-hybridized carbons (Fsp3) is 0.160. The molecule has 0 N–H and O–H groups in total. The molecule has 1 atom stereocenters. The SMILES string of the molecule is c1ccc(N2CCc3ccccc3C2Cc2ccc3ccccc3n2)cc1. The second kappa shape index (κ2) is 6.88. The molecular formula is C25H22N2. The molecule has 3 aromatic carbocycles. The average Bonchev–Trinajstić information content (AvgIpc) is 2.74. The average molecular weight is 350 g/mol. The Morgan fingerprint density at radius 2 is 1.56 bits per heavy atom. The number of rotatable bonds is 3. The van der Waals surface area contributed by atoms with E-state index >= 15 is 0 Å². The fourth-order valence-electron chi connectivity index (χ4n) is 4.22. The first-order valence-electron chi connectivity index (χ1n) is 9.63. The van der Waals surface area contributed by atoms with Gasteiger partial charge in [0.15, 0.2) is 0 Å². The minimum Gasteiger partial charge on any atom is -0.364 e. The number of fused-ring (bicyclic) bond motifs is 2. The van der Waals surface area contributed by atoms with Crippen molar-refractivity contribution in [3.8, 4) is 0 Å². The van der Waals surface area contributed by atoms with E-state index in [1.165, 1.54) is 22.2 Å². The molecule has 5 rings (SSSR count). The normalized spacial score (nSPS) is 16.3. The van der Waals surface area contributed by atoms with Crippen LogP contribution in [-0.4, -0.2) is 11.5 Å². The summed E-state index contributed by atoms with van der Waals surface area (Å²) >= 11 is 0. The molecule has 0 saturated carbocycles. The van der Waals surface area contributed by atoms with E-state index in [4.69, 9.17) is 4.98 Å². The Morgan fingerprint density at radius 1 is 0.778 bits per heavy atom. The topological polar surface area (TPSA) is 16.1 Å². The van der Waals surface area contributed by atoms with Crippen molar-refractivity contribution < 1.29 is 0 Å². The molecule has 2 nitrogen and oxygen atoms in total. The summed E-state index contributed by atoms with van der Waals surface area (Å²) in [5.74, 6) is 0. The maximum absolute atomic E-state index is 4.94. The highest BCUT2D eigenvalue weighted by atomic mass is 15.2. The summed E-state index contributed by atoms with van der Waals surface area (Å²) in [7, 11) is 0. The number of benzene rings is 3. The summed E-state index contributed by atoms with van der Waals surface area (Å²) < 4.78 is 0. The third kappa shape index (κ3) is 3.08. The highest BCUT2D eigenvalue weighted by molar-refractivity contribution is 5.78. The van der Waals surface area contributed by atoms with Crippen LogP contribution >= 0.6 is 0 Å². The molecule has 132 valence electrons. The molecule has 0 radical (unpaired) electrons. The number of anilines is 1. The Labute approximate surface area is 160 Å². The summed E-state index contributed by atoms with van der Waals surface area (Å²) in [4.78, 5) is 7.48. The molecule has 0 saturated heterocycles. The van der Waals surface area contributed by atoms with Gasteiger partial charge in [0.1, 0.15) is 0 Å². The van der Waals surface area contributed by atoms with E-state index in [1.54, 1.807) is 0 Å². The van der Waals surface area contributed by atoms with Gasteiger partial charge >= 0.3 is 0 Å². The van der Waals surface area contributed by atoms with Crippen LogP contribution < -0.4 is 4.90 Å². The number of aromatic nitrogens is 1. The molecule has 1 aliphatic heterocycles. The number of nitrogens with zero attached hydrogens (tertiary/aromatic N) is 2. The quantitative estimate of drug-likeness (QED) is 0.479. The minimum absolute atomic E-state index is 0.311. The number of pyridine rings is 1. The molecule has 0 aliphatic carbocycles. The molecule has 0 bridgehead atoms. The van der Waals surface area contributed by atoms with Gasteiger partial charge in [-0.15, -0.1) is 0 Å². The Bertz CT molecular complexity index is 1070. The molecule has 1 unspecified atom stereocenters. The van der Waals surface area contributed by atoms with Gasteiger partial charge in [0.2, 0.25) is 0 Å². The monoisotopic (exact) mass is 350 g/mol. The standard InChI is InChI=1S/C25H22N2/c1-2-10-22(11-3-1)27-17-16-19-8-4-6-12-23(19)25(27)18-21-15-14-20-9-5-7-13-24(20)26-21/h1-15,25H,16-18H2. The maximum Gasteiger partial charge on any atom is 0.0705 e. The maximum atomic E-state index is 4.94. The zero-order chi connectivity index (χ0) is 18.1. The van der Waals surface area contributed by atoms with Crippen molar-refractivity contribution in [1.82, 2.24) is 4.98 Å². The third-order valence-electron chi connectivity index (χ3n) is 5.56. The van der Waals surface area contributed by atoms with Gasteiger partial charge in [-0.3, -0.25) is 4.98 Å². The molecule has 27 heavy (non-hydrogen) atoms. The van der Waals surface area contributed by atoms with Gasteiger partial charge in [0.05, 0.1) is 11.6 Å². The van der Waals surface area contributed by atoms with Crippen LogP contribution in [-0.2, 0) is 12.8 Å². The highest BCUT2D eigenvalue weighted by Gasteiger charge is 2.27. The first kappa shape index (κ1) is 16.1. The van der Waals surface area contributed by atoms with Gasteiger partial charge in [-0.25, -0.2) is 0 Å². The largest absolute Gasteiger partial charge is 0.364 e. The second-order valence-corrected chi connectivity index (χ2v) is 7.19. The van der Waals surface area contributed by atoms with E-state index in [2.05, 4.69) is 95.9 Å². The summed E-state index contributed by atoms with van der Waals surface area (Å²) in [5.41, 5.74) is 6.41. The van der Waals surface area contributed by atoms with Crippen LogP contribution in [0.3, 0.4) is 0 Å². The molecule has 2 heterocycles. The van der Waals surface area contributed by atoms with Crippen LogP contribution in [0.1, 0.15) is 22.9 Å². The summed E-state index contributed by atoms with van der Waals surface area (Å²) in [6, 6.07) is 32.7. The molecule has 0 spiro atoms. The Balaban J connectivity index is 1.56. The summed E-state index contributed by atoms with van der Waals surface area (Å²) in [5, 5.41) is 1.20. The van der Waals surface area contributed by atoms with Crippen LogP contribution in [0.4, 0.5) is 5.69 Å². The van der Waals surface area contributed by atoms with Crippen molar-refractivity contribution in [3.05, 3.63) is 108 Å². The van der Waals surface area contributed by atoms with Crippen molar-refractivity contribution in [2.75, 3.05) is 11.4 Å². The number of hydrogen-bond donors (Lipinski definition) is 0. The van der Waals surface area contributed by atoms with Crippen LogP contribution in [0.5, 0.6) is 0 Å². The van der Waals surface area contributed by atoms with E-state index in [0.717, 1.165) is 30.6 Å². The van der Waals surface area contributed by atoms with Crippen molar-refractivity contribution in [2.24, 2.45) is 0 Å². The van der Waals surface area contributed by atoms with E-state index in [1.807, 2.05) is 0 Å². The molecule has 0 amide bonds. The second-order valence-electron chi connectivity index (χ2n) is 7.19. The van der Waals surface area contributed by atoms with Crippen molar-refractivity contribution in [3.63, 3.8) is 0 Å². The van der Waals surface area contributed by atoms with Gasteiger partial charge in [0, 0.05) is 29.7 Å². The third-order valence-corrected chi connectivity index (χ3v) is 5.56. The van der Waals surface area contributed by atoms with Crippen molar-refractivity contribution >= 4 is 16.6 Å². The van der Waals surface area contributed by atoms with E-state index in [9.17, 15) is 0 Å². The number of para-hydroxylation sites is 2. The highest BCUT2D eigenvalue weighted by Crippen LogP contribution is 2.35. The fourth-order valence-corrected chi connectivity index (χ4v) is 4.22. The molecule has 1 aliphatic rings. The first-order valence-corrected chi connectivity index (χ1v) is 9.63. The van der Waals surface area contributed by atoms with E-state index in [-0.39, 0.29) is 0 Å². The lowest BCUT2D eigenvalue weighted by molar-refractivity contribution is 0.574. The van der Waals surface area contributed by atoms with Gasteiger partial charge in [-0.1, -0.05) is 66.7 Å². The molecule has 1 aromatic heterocycles. The summed E-state index contributed by atoms with van der Waals surface area (Å²) in [6.45, 7) is 1.04. The Morgan fingerprint density at radius 3 is 2.48 bits per heavy atom. The lowest BCUT2D eigenvalue weighted by Crippen LogP contribution is -2.36. The van der Waals surface area contributed by atoms with Gasteiger partial charge < -0.3 is 4.90 Å². The Kier molecular flexibility index (Phi) is 4.10. The predicted octanol–water partition coefficient (Wildman–Crippen LogP) is 5.58. The molecule has 2 heteroatoms. The van der Waals surface area contributed by atoms with Gasteiger partial charge in [-0.05, 0) is 41.8 Å². The predicted molar refractivity (Wildman–Crippen MR) is 112 cm³/mol. The molecule has 4 aromatic rings. The lowest BCUT2D eigenvalue weighted by atomic mass is 9.89. The molecule has 0 fully saturated rings. The van der Waals surface area contributed by atoms with E-state index < -0.39 is 0 Å². The van der Waals surface area contributed by atoms with E-state index in [0.29, 0.717) is 6.04 Å². The lowest BCUT2D eigenvalue weighted by Gasteiger charge is -2.39. The van der Waals surface area contributed by atoms with Crippen LogP contribution in [0.2, 0.25) is 0 Å². The zero-order valence-corrected chi connectivity index (χ0v) is 15.3. The van der Waals surface area contributed by atoms with Gasteiger partial charge in [0.25, 0.3) is 0 Å². The molecular weight excluding hydrogens is 328 g/mol. The van der Waals surface area contributed by atoms with Crippen LogP contribution in [0.15, 0.2) is 91.0 Å². The number of hydrogen-bond acceptors (Lipinski definition) is 2. The van der Waals surface area contributed by atoms with Crippen LogP contribution in [0, 0.1) is 0 Å². The van der Waals surface area contributed by atoms with Crippen molar-refractivity contribution in [2.45, 2.75) is 18.9 Å². The van der Waals surface area contributed by atoms with Crippen molar-refractivity contribution in [1.29, 1.82) is 0 Å². The van der Waals surface area contributed by atoms with Gasteiger partial charge in [-0.2, -0.15) is 0 Å². The summed E-state index contributed by atoms with van der Waals surface area (Å²) in [6.07, 6.45) is 2.00. The minimum atomic E-state index is 0.311. The zero-order valence-electron chi connectivity index (χ0n) is 15.3. The first-order chi connectivity index (χ1) is 13.4.